The summed E-state index contributed by atoms with van der Waals surface area (Å²) in [6.07, 6.45) is 3.21. The predicted molar refractivity (Wildman–Crippen MR) is 48.4 cm³/mol. The number of nitrogens with one attached hydrogen (secondary N) is 2. The van der Waals surface area contributed by atoms with Crippen LogP contribution < -0.4 is 5.32 Å². The minimum atomic E-state index is -0.391. The van der Waals surface area contributed by atoms with Crippen LogP contribution in [0.4, 0.5) is 10.1 Å². The van der Waals surface area contributed by atoms with Gasteiger partial charge < -0.3 is 10.3 Å². The van der Waals surface area contributed by atoms with E-state index in [1.807, 2.05) is 0 Å². The molecule has 2 aromatic heterocycles. The van der Waals surface area contributed by atoms with Gasteiger partial charge in [-0.25, -0.2) is 14.4 Å². The Morgan fingerprint density at radius 2 is 2.38 bits per heavy atom. The number of aromatic amines is 1. The molecule has 0 spiro atoms. The highest BCUT2D eigenvalue weighted by molar-refractivity contribution is 5.84. The van der Waals surface area contributed by atoms with Crippen molar-refractivity contribution in [2.75, 3.05) is 18.5 Å². The summed E-state index contributed by atoms with van der Waals surface area (Å²) >= 11 is 0. The molecule has 0 amide bonds. The highest BCUT2D eigenvalue weighted by atomic mass is 19.1. The third kappa shape index (κ3) is 1.44. The Labute approximate surface area is 74.2 Å². The molecule has 4 nitrogen and oxygen atoms in total. The molecule has 68 valence electrons. The van der Waals surface area contributed by atoms with Crippen molar-refractivity contribution in [3.8, 4) is 0 Å². The predicted octanol–water partition coefficient (Wildman–Crippen LogP) is 1.34. The third-order valence-electron chi connectivity index (χ3n) is 1.74. The van der Waals surface area contributed by atoms with Gasteiger partial charge in [0.1, 0.15) is 12.2 Å². The number of rotatable bonds is 3. The van der Waals surface area contributed by atoms with Gasteiger partial charge in [-0.15, -0.1) is 0 Å². The maximum absolute atomic E-state index is 11.9. The molecule has 5 heteroatoms. The molecular weight excluding hydrogens is 171 g/mol. The van der Waals surface area contributed by atoms with Crippen LogP contribution in [0.5, 0.6) is 0 Å². The lowest BCUT2D eigenvalue weighted by molar-refractivity contribution is 0.513. The van der Waals surface area contributed by atoms with Gasteiger partial charge >= 0.3 is 0 Å². The van der Waals surface area contributed by atoms with Crippen molar-refractivity contribution < 1.29 is 4.39 Å². The standard InChI is InChI=1S/C8H9FN4/c9-2-4-10-6-1-3-11-8-7(6)12-5-13-8/h1,3,5H,2,4H2,(H2,10,11,12,13). The average Bonchev–Trinajstić information content (AvgIpc) is 2.62. The van der Waals surface area contributed by atoms with Crippen LogP contribution in [0.25, 0.3) is 11.2 Å². The first-order chi connectivity index (χ1) is 6.42. The molecule has 2 heterocycles. The number of anilines is 1. The second-order valence-corrected chi connectivity index (χ2v) is 2.58. The van der Waals surface area contributed by atoms with Crippen molar-refractivity contribution in [2.45, 2.75) is 0 Å². The lowest BCUT2D eigenvalue weighted by atomic mass is 10.3. The summed E-state index contributed by atoms with van der Waals surface area (Å²) in [7, 11) is 0. The van der Waals surface area contributed by atoms with Gasteiger partial charge in [-0.05, 0) is 6.07 Å². The Morgan fingerprint density at radius 1 is 1.46 bits per heavy atom. The number of pyridine rings is 1. The molecule has 0 unspecified atom stereocenters. The van der Waals surface area contributed by atoms with E-state index in [9.17, 15) is 4.39 Å². The van der Waals surface area contributed by atoms with E-state index < -0.39 is 6.67 Å². The molecular formula is C8H9FN4. The molecule has 0 aromatic carbocycles. The first-order valence-corrected chi connectivity index (χ1v) is 4.00. The minimum absolute atomic E-state index is 0.304. The molecule has 0 aliphatic heterocycles. The molecule has 2 N–H and O–H groups in total. The number of H-pyrrole nitrogens is 1. The summed E-state index contributed by atoms with van der Waals surface area (Å²) in [4.78, 5) is 11.0. The number of aromatic nitrogens is 3. The molecule has 0 saturated carbocycles. The summed E-state index contributed by atoms with van der Waals surface area (Å²) in [5, 5.41) is 2.94. The Morgan fingerprint density at radius 3 is 3.23 bits per heavy atom. The van der Waals surface area contributed by atoms with Crippen molar-refractivity contribution in [2.24, 2.45) is 0 Å². The molecule has 2 rings (SSSR count). The number of halogens is 1. The summed E-state index contributed by atoms with van der Waals surface area (Å²) in [6, 6.07) is 1.79. The van der Waals surface area contributed by atoms with Gasteiger partial charge in [0, 0.05) is 12.7 Å². The number of imidazole rings is 1. The Hall–Kier alpha value is -1.65. The lowest BCUT2D eigenvalue weighted by Crippen LogP contribution is -2.03. The van der Waals surface area contributed by atoms with Gasteiger partial charge in [-0.1, -0.05) is 0 Å². The molecule has 13 heavy (non-hydrogen) atoms. The molecule has 0 bridgehead atoms. The topological polar surface area (TPSA) is 53.6 Å². The van der Waals surface area contributed by atoms with E-state index >= 15 is 0 Å². The molecule has 0 aliphatic rings. The SMILES string of the molecule is FCCNc1ccnc2nc[nH]c12. The molecule has 0 aliphatic carbocycles. The fourth-order valence-electron chi connectivity index (χ4n) is 1.18. The maximum atomic E-state index is 11.9. The number of fused-ring (bicyclic) bond motifs is 1. The van der Waals surface area contributed by atoms with Crippen LogP contribution in [0.1, 0.15) is 0 Å². The average molecular weight is 180 g/mol. The first-order valence-electron chi connectivity index (χ1n) is 4.00. The monoisotopic (exact) mass is 180 g/mol. The van der Waals surface area contributed by atoms with Gasteiger partial charge in [-0.2, -0.15) is 0 Å². The van der Waals surface area contributed by atoms with E-state index in [4.69, 9.17) is 0 Å². The first kappa shape index (κ1) is 7.97. The lowest BCUT2D eigenvalue weighted by Gasteiger charge is -2.03. The fraction of sp³-hybridized carbons (Fsp3) is 0.250. The van der Waals surface area contributed by atoms with E-state index in [1.165, 1.54) is 0 Å². The molecule has 2 aromatic rings. The van der Waals surface area contributed by atoms with Crippen molar-refractivity contribution in [1.82, 2.24) is 15.0 Å². The van der Waals surface area contributed by atoms with Gasteiger partial charge in [0.05, 0.1) is 12.0 Å². The van der Waals surface area contributed by atoms with Crippen LogP contribution >= 0.6 is 0 Å². The second kappa shape index (κ2) is 3.38. The van der Waals surface area contributed by atoms with E-state index in [0.29, 0.717) is 12.2 Å². The van der Waals surface area contributed by atoms with Crippen LogP contribution in [0.3, 0.4) is 0 Å². The van der Waals surface area contributed by atoms with E-state index in [1.54, 1.807) is 18.6 Å². The van der Waals surface area contributed by atoms with Crippen molar-refractivity contribution in [3.05, 3.63) is 18.6 Å². The van der Waals surface area contributed by atoms with Gasteiger partial charge in [0.15, 0.2) is 5.65 Å². The maximum Gasteiger partial charge on any atom is 0.179 e. The highest BCUT2D eigenvalue weighted by Crippen LogP contribution is 2.16. The summed E-state index contributed by atoms with van der Waals surface area (Å²) in [6.45, 7) is -0.0872. The largest absolute Gasteiger partial charge is 0.381 e. The number of nitrogens with zero attached hydrogens (tertiary/aromatic N) is 2. The quantitative estimate of drug-likeness (QED) is 0.749. The van der Waals surface area contributed by atoms with E-state index in [2.05, 4.69) is 20.3 Å². The number of alkyl halides is 1. The summed E-state index contributed by atoms with van der Waals surface area (Å²) < 4.78 is 11.9. The minimum Gasteiger partial charge on any atom is -0.381 e. The Balaban J connectivity index is 2.37. The second-order valence-electron chi connectivity index (χ2n) is 2.58. The van der Waals surface area contributed by atoms with Gasteiger partial charge in [0.25, 0.3) is 0 Å². The molecule has 0 radical (unpaired) electrons. The van der Waals surface area contributed by atoms with Crippen molar-refractivity contribution in [1.29, 1.82) is 0 Å². The molecule has 0 fully saturated rings. The van der Waals surface area contributed by atoms with Crippen LogP contribution in [0.2, 0.25) is 0 Å². The van der Waals surface area contributed by atoms with Crippen LogP contribution in [-0.2, 0) is 0 Å². The Bertz CT molecular complexity index is 398. The van der Waals surface area contributed by atoms with Gasteiger partial charge in [-0.3, -0.25) is 0 Å². The zero-order chi connectivity index (χ0) is 9.10. The summed E-state index contributed by atoms with van der Waals surface area (Å²) in [5.41, 5.74) is 2.29. The Kier molecular flexibility index (Phi) is 2.08. The number of hydrogen-bond donors (Lipinski definition) is 2. The van der Waals surface area contributed by atoms with Crippen molar-refractivity contribution >= 4 is 16.9 Å². The van der Waals surface area contributed by atoms with Crippen LogP contribution in [-0.4, -0.2) is 28.2 Å². The number of hydrogen-bond acceptors (Lipinski definition) is 3. The fourth-order valence-corrected chi connectivity index (χ4v) is 1.18. The highest BCUT2D eigenvalue weighted by Gasteiger charge is 2.01. The van der Waals surface area contributed by atoms with Crippen LogP contribution in [0, 0.1) is 0 Å². The third-order valence-corrected chi connectivity index (χ3v) is 1.74. The molecule has 0 atom stereocenters. The molecule has 0 saturated heterocycles. The van der Waals surface area contributed by atoms with Crippen LogP contribution in [0.15, 0.2) is 18.6 Å². The summed E-state index contributed by atoms with van der Waals surface area (Å²) in [5.74, 6) is 0. The smallest absolute Gasteiger partial charge is 0.179 e. The van der Waals surface area contributed by atoms with Gasteiger partial charge in [0.2, 0.25) is 0 Å². The normalized spacial score (nSPS) is 10.5. The zero-order valence-electron chi connectivity index (χ0n) is 6.92. The van der Waals surface area contributed by atoms with Crippen molar-refractivity contribution in [3.63, 3.8) is 0 Å². The van der Waals surface area contributed by atoms with E-state index in [0.717, 1.165) is 11.2 Å². The van der Waals surface area contributed by atoms with E-state index in [-0.39, 0.29) is 0 Å². The zero-order valence-corrected chi connectivity index (χ0v) is 6.92.